The summed E-state index contributed by atoms with van der Waals surface area (Å²) in [5.41, 5.74) is 2.13. The highest BCUT2D eigenvalue weighted by atomic mass is 16.6. The molecule has 1 aliphatic rings. The van der Waals surface area contributed by atoms with Gasteiger partial charge in [0.2, 0.25) is 5.91 Å². The Balaban J connectivity index is 2.20. The summed E-state index contributed by atoms with van der Waals surface area (Å²) in [6, 6.07) is 2.80. The highest BCUT2D eigenvalue weighted by molar-refractivity contribution is 5.96. The number of nitrogens with one attached hydrogen (secondary N) is 2. The predicted molar refractivity (Wildman–Crippen MR) is 72.2 cm³/mol. The number of rotatable bonds is 3. The van der Waals surface area contributed by atoms with Gasteiger partial charge in [0.15, 0.2) is 0 Å². The fourth-order valence-electron chi connectivity index (χ4n) is 2.36. The van der Waals surface area contributed by atoms with Crippen LogP contribution in [-0.2, 0) is 4.79 Å². The highest BCUT2D eigenvalue weighted by Gasteiger charge is 2.23. The van der Waals surface area contributed by atoms with Crippen LogP contribution in [-0.4, -0.2) is 23.4 Å². The second-order valence-electron chi connectivity index (χ2n) is 4.85. The van der Waals surface area contributed by atoms with E-state index in [1.165, 1.54) is 12.1 Å². The van der Waals surface area contributed by atoms with Gasteiger partial charge in [-0.15, -0.1) is 0 Å². The van der Waals surface area contributed by atoms with E-state index < -0.39 is 4.92 Å². The van der Waals surface area contributed by atoms with Crippen molar-refractivity contribution in [2.24, 2.45) is 0 Å². The standard InChI is InChI=1S/C13H17N3O3/c1-8-6-10(16(18)19)7-9(2)12(8)15-13(17)11-4-3-5-14-11/h6-7,11,14H,3-5H2,1-2H3,(H,15,17)/t11-/m0/s1. The number of nitro benzene ring substituents is 1. The maximum Gasteiger partial charge on any atom is 0.270 e. The van der Waals surface area contributed by atoms with Crippen molar-refractivity contribution in [2.45, 2.75) is 32.7 Å². The van der Waals surface area contributed by atoms with E-state index in [4.69, 9.17) is 0 Å². The van der Waals surface area contributed by atoms with E-state index in [1.807, 2.05) is 0 Å². The maximum absolute atomic E-state index is 12.0. The third kappa shape index (κ3) is 2.90. The molecular weight excluding hydrogens is 246 g/mol. The second kappa shape index (κ2) is 5.36. The molecule has 1 atom stereocenters. The van der Waals surface area contributed by atoms with Gasteiger partial charge in [-0.1, -0.05) is 0 Å². The zero-order valence-electron chi connectivity index (χ0n) is 11.0. The largest absolute Gasteiger partial charge is 0.324 e. The van der Waals surface area contributed by atoms with Crippen LogP contribution in [0, 0.1) is 24.0 Å². The molecule has 0 saturated carbocycles. The number of aryl methyl sites for hydroxylation is 2. The number of amides is 1. The van der Waals surface area contributed by atoms with Crippen molar-refractivity contribution in [2.75, 3.05) is 11.9 Å². The summed E-state index contributed by atoms with van der Waals surface area (Å²) in [4.78, 5) is 22.4. The van der Waals surface area contributed by atoms with E-state index in [9.17, 15) is 14.9 Å². The molecule has 1 fully saturated rings. The first-order valence-corrected chi connectivity index (χ1v) is 6.29. The molecule has 2 N–H and O–H groups in total. The van der Waals surface area contributed by atoms with Crippen molar-refractivity contribution >= 4 is 17.3 Å². The average Bonchev–Trinajstić information content (AvgIpc) is 2.86. The van der Waals surface area contributed by atoms with Crippen molar-refractivity contribution in [1.29, 1.82) is 0 Å². The van der Waals surface area contributed by atoms with E-state index in [1.54, 1.807) is 13.8 Å². The van der Waals surface area contributed by atoms with Crippen molar-refractivity contribution in [3.05, 3.63) is 33.4 Å². The number of benzene rings is 1. The molecule has 0 bridgehead atoms. The Morgan fingerprint density at radius 3 is 2.53 bits per heavy atom. The molecule has 102 valence electrons. The molecule has 2 rings (SSSR count). The number of hydrogen-bond acceptors (Lipinski definition) is 4. The molecule has 1 aromatic carbocycles. The molecule has 0 spiro atoms. The Morgan fingerprint density at radius 2 is 2.05 bits per heavy atom. The number of nitro groups is 1. The molecule has 1 amide bonds. The molecule has 1 heterocycles. The summed E-state index contributed by atoms with van der Waals surface area (Å²) in [6.07, 6.45) is 1.83. The van der Waals surface area contributed by atoms with E-state index >= 15 is 0 Å². The SMILES string of the molecule is Cc1cc([N+](=O)[O-])cc(C)c1NC(=O)[C@@H]1CCCN1. The summed E-state index contributed by atoms with van der Waals surface area (Å²) < 4.78 is 0. The first kappa shape index (κ1) is 13.5. The van der Waals surface area contributed by atoms with Crippen molar-refractivity contribution in [1.82, 2.24) is 5.32 Å². The van der Waals surface area contributed by atoms with Crippen LogP contribution in [0.1, 0.15) is 24.0 Å². The van der Waals surface area contributed by atoms with E-state index in [2.05, 4.69) is 10.6 Å². The van der Waals surface area contributed by atoms with Gasteiger partial charge >= 0.3 is 0 Å². The van der Waals surface area contributed by atoms with Gasteiger partial charge in [-0.25, -0.2) is 0 Å². The number of nitrogens with zero attached hydrogens (tertiary/aromatic N) is 1. The van der Waals surface area contributed by atoms with Gasteiger partial charge in [0.25, 0.3) is 5.69 Å². The van der Waals surface area contributed by atoms with Crippen LogP contribution < -0.4 is 10.6 Å². The summed E-state index contributed by atoms with van der Waals surface area (Å²) in [5, 5.41) is 16.7. The van der Waals surface area contributed by atoms with Crippen molar-refractivity contribution < 1.29 is 9.72 Å². The molecule has 1 aromatic rings. The minimum Gasteiger partial charge on any atom is -0.324 e. The molecular formula is C13H17N3O3. The van der Waals surface area contributed by atoms with Crippen LogP contribution in [0.15, 0.2) is 12.1 Å². The predicted octanol–water partition coefficient (Wildman–Crippen LogP) is 1.90. The molecule has 0 unspecified atom stereocenters. The van der Waals surface area contributed by atoms with E-state index in [0.29, 0.717) is 16.8 Å². The topological polar surface area (TPSA) is 84.3 Å². The maximum atomic E-state index is 12.0. The second-order valence-corrected chi connectivity index (χ2v) is 4.85. The molecule has 19 heavy (non-hydrogen) atoms. The lowest BCUT2D eigenvalue weighted by Crippen LogP contribution is -2.35. The Morgan fingerprint density at radius 1 is 1.42 bits per heavy atom. The van der Waals surface area contributed by atoms with Crippen LogP contribution in [0.4, 0.5) is 11.4 Å². The van der Waals surface area contributed by atoms with Gasteiger partial charge in [-0.05, 0) is 44.4 Å². The third-order valence-corrected chi connectivity index (χ3v) is 3.35. The Bertz CT molecular complexity index is 499. The monoisotopic (exact) mass is 263 g/mol. The lowest BCUT2D eigenvalue weighted by molar-refractivity contribution is -0.384. The van der Waals surface area contributed by atoms with E-state index in [0.717, 1.165) is 19.4 Å². The van der Waals surface area contributed by atoms with Gasteiger partial charge in [0.1, 0.15) is 0 Å². The minimum atomic E-state index is -0.426. The Labute approximate surface area is 111 Å². The number of non-ortho nitro benzene ring substituents is 1. The lowest BCUT2D eigenvalue weighted by atomic mass is 10.1. The number of anilines is 1. The van der Waals surface area contributed by atoms with Crippen LogP contribution >= 0.6 is 0 Å². The molecule has 0 aliphatic carbocycles. The zero-order chi connectivity index (χ0) is 14.0. The normalized spacial score (nSPS) is 18.3. The zero-order valence-corrected chi connectivity index (χ0v) is 11.0. The number of carbonyl (C=O) groups excluding carboxylic acids is 1. The molecule has 6 nitrogen and oxygen atoms in total. The summed E-state index contributed by atoms with van der Waals surface area (Å²) in [6.45, 7) is 4.38. The summed E-state index contributed by atoms with van der Waals surface area (Å²) in [5.74, 6) is -0.0717. The van der Waals surface area contributed by atoms with Gasteiger partial charge in [-0.2, -0.15) is 0 Å². The van der Waals surface area contributed by atoms with Gasteiger partial charge in [0.05, 0.1) is 11.0 Å². The molecule has 1 aliphatic heterocycles. The van der Waals surface area contributed by atoms with Crippen molar-refractivity contribution in [3.63, 3.8) is 0 Å². The Hall–Kier alpha value is -1.95. The quantitative estimate of drug-likeness (QED) is 0.644. The van der Waals surface area contributed by atoms with Crippen LogP contribution in [0.2, 0.25) is 0 Å². The van der Waals surface area contributed by atoms with Crippen molar-refractivity contribution in [3.8, 4) is 0 Å². The first-order chi connectivity index (χ1) is 8.99. The Kier molecular flexibility index (Phi) is 3.80. The van der Waals surface area contributed by atoms with Gasteiger partial charge in [-0.3, -0.25) is 14.9 Å². The third-order valence-electron chi connectivity index (χ3n) is 3.35. The van der Waals surface area contributed by atoms with Crippen LogP contribution in [0.5, 0.6) is 0 Å². The van der Waals surface area contributed by atoms with Crippen LogP contribution in [0.25, 0.3) is 0 Å². The fraction of sp³-hybridized carbons (Fsp3) is 0.462. The first-order valence-electron chi connectivity index (χ1n) is 6.29. The molecule has 6 heteroatoms. The molecule has 1 saturated heterocycles. The molecule has 0 aromatic heterocycles. The van der Waals surface area contributed by atoms with Gasteiger partial charge in [0, 0.05) is 17.8 Å². The summed E-state index contributed by atoms with van der Waals surface area (Å²) >= 11 is 0. The van der Waals surface area contributed by atoms with E-state index in [-0.39, 0.29) is 17.6 Å². The minimum absolute atomic E-state index is 0.0481. The smallest absolute Gasteiger partial charge is 0.270 e. The molecule has 0 radical (unpaired) electrons. The number of carbonyl (C=O) groups is 1. The lowest BCUT2D eigenvalue weighted by Gasteiger charge is -2.15. The number of hydrogen-bond donors (Lipinski definition) is 2. The fourth-order valence-corrected chi connectivity index (χ4v) is 2.36. The van der Waals surface area contributed by atoms with Gasteiger partial charge < -0.3 is 10.6 Å². The van der Waals surface area contributed by atoms with Crippen LogP contribution in [0.3, 0.4) is 0 Å². The summed E-state index contributed by atoms with van der Waals surface area (Å²) in [7, 11) is 0. The highest BCUT2D eigenvalue weighted by Crippen LogP contribution is 2.26. The average molecular weight is 263 g/mol.